The van der Waals surface area contributed by atoms with Crippen molar-refractivity contribution in [1.29, 1.82) is 0 Å². The molecule has 2 aliphatic rings. The molecule has 0 radical (unpaired) electrons. The first-order valence-electron chi connectivity index (χ1n) is 7.77. The molecule has 1 aromatic carbocycles. The van der Waals surface area contributed by atoms with E-state index in [0.717, 1.165) is 4.90 Å². The predicted octanol–water partition coefficient (Wildman–Crippen LogP) is 3.84. The Kier molecular flexibility index (Phi) is 5.09. The molecule has 0 saturated carbocycles. The Morgan fingerprint density at radius 1 is 1.16 bits per heavy atom. The van der Waals surface area contributed by atoms with Gasteiger partial charge in [-0.15, -0.1) is 0 Å². The number of hydrogen-bond donors (Lipinski definition) is 1. The molecule has 1 aromatic rings. The van der Waals surface area contributed by atoms with Crippen molar-refractivity contribution in [2.45, 2.75) is 25.8 Å². The summed E-state index contributed by atoms with van der Waals surface area (Å²) < 4.78 is 0. The van der Waals surface area contributed by atoms with Gasteiger partial charge in [0, 0.05) is 10.7 Å². The van der Waals surface area contributed by atoms with Crippen LogP contribution < -0.4 is 5.32 Å². The van der Waals surface area contributed by atoms with Crippen LogP contribution in [0.3, 0.4) is 0 Å². The second-order valence-electron chi connectivity index (χ2n) is 6.14. The van der Waals surface area contributed by atoms with Gasteiger partial charge in [-0.3, -0.25) is 19.3 Å². The highest BCUT2D eigenvalue weighted by Gasteiger charge is 2.51. The highest BCUT2D eigenvalue weighted by molar-refractivity contribution is 6.42. The molecule has 0 spiro atoms. The molecule has 1 aliphatic heterocycles. The smallest absolute Gasteiger partial charge is 0.247 e. The Hall–Kier alpha value is -1.56. The molecule has 3 amide bonds. The molecule has 1 aliphatic carbocycles. The van der Waals surface area contributed by atoms with Crippen molar-refractivity contribution in [1.82, 2.24) is 4.90 Å². The molecular weight excluding hydrogens is 387 g/mol. The van der Waals surface area contributed by atoms with Crippen molar-refractivity contribution in [2.24, 2.45) is 11.8 Å². The van der Waals surface area contributed by atoms with E-state index in [1.807, 2.05) is 0 Å². The first-order chi connectivity index (χ1) is 11.8. The standard InChI is InChI=1S/C17H15Cl3N2O3/c1-8(15(23)21-10-3-5-13(19)14(20)7-10)22-16(24)11-4-2-9(18)6-12(11)17(22)25/h2-3,5,7-8,11-12H,4,6H2,1H3,(H,21,23)/t8-,11+,12-/m0/s1. The van der Waals surface area contributed by atoms with Crippen molar-refractivity contribution in [3.63, 3.8) is 0 Å². The average Bonchev–Trinajstić information content (AvgIpc) is 2.81. The van der Waals surface area contributed by atoms with Gasteiger partial charge in [-0.25, -0.2) is 0 Å². The molecule has 132 valence electrons. The second-order valence-corrected chi connectivity index (χ2v) is 7.44. The fourth-order valence-corrected chi connectivity index (χ4v) is 3.73. The molecule has 8 heteroatoms. The monoisotopic (exact) mass is 400 g/mol. The Balaban J connectivity index is 1.75. The lowest BCUT2D eigenvalue weighted by Gasteiger charge is -2.22. The van der Waals surface area contributed by atoms with Crippen molar-refractivity contribution in [2.75, 3.05) is 5.32 Å². The molecule has 1 saturated heterocycles. The second kappa shape index (κ2) is 6.98. The van der Waals surface area contributed by atoms with Gasteiger partial charge in [-0.05, 0) is 38.0 Å². The van der Waals surface area contributed by atoms with Crippen LogP contribution in [0.15, 0.2) is 29.3 Å². The van der Waals surface area contributed by atoms with E-state index in [4.69, 9.17) is 34.8 Å². The van der Waals surface area contributed by atoms with Gasteiger partial charge in [0.2, 0.25) is 17.7 Å². The molecule has 3 atom stereocenters. The highest BCUT2D eigenvalue weighted by Crippen LogP contribution is 2.39. The minimum Gasteiger partial charge on any atom is -0.324 e. The predicted molar refractivity (Wildman–Crippen MR) is 96.6 cm³/mol. The van der Waals surface area contributed by atoms with Gasteiger partial charge >= 0.3 is 0 Å². The normalized spacial score (nSPS) is 24.0. The topological polar surface area (TPSA) is 66.5 Å². The van der Waals surface area contributed by atoms with Crippen LogP contribution in [0.5, 0.6) is 0 Å². The first kappa shape index (κ1) is 18.2. The Morgan fingerprint density at radius 3 is 2.52 bits per heavy atom. The van der Waals surface area contributed by atoms with Gasteiger partial charge in [0.25, 0.3) is 0 Å². The van der Waals surface area contributed by atoms with Crippen LogP contribution in [-0.2, 0) is 14.4 Å². The number of carbonyl (C=O) groups is 3. The third-order valence-corrected chi connectivity index (χ3v) is 5.60. The van der Waals surface area contributed by atoms with Crippen LogP contribution >= 0.6 is 34.8 Å². The minimum absolute atomic E-state index is 0.298. The number of rotatable bonds is 3. The van der Waals surface area contributed by atoms with Crippen LogP contribution in [0.2, 0.25) is 10.0 Å². The molecule has 0 unspecified atom stereocenters. The molecule has 5 nitrogen and oxygen atoms in total. The van der Waals surface area contributed by atoms with Crippen LogP contribution in [0.25, 0.3) is 0 Å². The molecular formula is C17H15Cl3N2O3. The van der Waals surface area contributed by atoms with Gasteiger partial charge in [-0.1, -0.05) is 40.9 Å². The quantitative estimate of drug-likeness (QED) is 0.783. The molecule has 1 heterocycles. The van der Waals surface area contributed by atoms with E-state index in [0.29, 0.717) is 33.6 Å². The number of nitrogens with one attached hydrogen (secondary N) is 1. The Labute approximate surface area is 159 Å². The van der Waals surface area contributed by atoms with Crippen LogP contribution in [0.4, 0.5) is 5.69 Å². The van der Waals surface area contributed by atoms with E-state index in [1.165, 1.54) is 13.0 Å². The lowest BCUT2D eigenvalue weighted by Crippen LogP contribution is -2.46. The SMILES string of the molecule is C[C@@H](C(=O)Nc1ccc(Cl)c(Cl)c1)N1C(=O)[C@H]2CC(Cl)=CC[C@H]2C1=O. The zero-order chi connectivity index (χ0) is 18.3. The summed E-state index contributed by atoms with van der Waals surface area (Å²) >= 11 is 17.8. The van der Waals surface area contributed by atoms with E-state index < -0.39 is 23.8 Å². The molecule has 0 bridgehead atoms. The van der Waals surface area contributed by atoms with Gasteiger partial charge in [0.1, 0.15) is 6.04 Å². The van der Waals surface area contributed by atoms with Crippen LogP contribution in [-0.4, -0.2) is 28.7 Å². The third kappa shape index (κ3) is 3.41. The summed E-state index contributed by atoms with van der Waals surface area (Å²) in [5, 5.41) is 3.90. The molecule has 1 N–H and O–H groups in total. The number of carbonyl (C=O) groups excluding carboxylic acids is 3. The largest absolute Gasteiger partial charge is 0.324 e. The Bertz CT molecular complexity index is 793. The zero-order valence-electron chi connectivity index (χ0n) is 13.3. The van der Waals surface area contributed by atoms with E-state index in [2.05, 4.69) is 5.32 Å². The summed E-state index contributed by atoms with van der Waals surface area (Å²) in [7, 11) is 0. The zero-order valence-corrected chi connectivity index (χ0v) is 15.5. The van der Waals surface area contributed by atoms with E-state index >= 15 is 0 Å². The number of likely N-dealkylation sites (tertiary alicyclic amines) is 1. The van der Waals surface area contributed by atoms with Crippen molar-refractivity contribution in [3.8, 4) is 0 Å². The van der Waals surface area contributed by atoms with E-state index in [9.17, 15) is 14.4 Å². The average molecular weight is 402 g/mol. The maximum absolute atomic E-state index is 12.6. The number of fused-ring (bicyclic) bond motifs is 1. The van der Waals surface area contributed by atoms with E-state index in [1.54, 1.807) is 18.2 Å². The number of amides is 3. The van der Waals surface area contributed by atoms with E-state index in [-0.39, 0.29) is 11.8 Å². The molecule has 25 heavy (non-hydrogen) atoms. The lowest BCUT2D eigenvalue weighted by molar-refractivity contribution is -0.146. The van der Waals surface area contributed by atoms with Gasteiger partial charge in [0.15, 0.2) is 0 Å². The molecule has 1 fully saturated rings. The molecule has 3 rings (SSSR count). The van der Waals surface area contributed by atoms with Crippen molar-refractivity contribution in [3.05, 3.63) is 39.4 Å². The summed E-state index contributed by atoms with van der Waals surface area (Å²) in [5.41, 5.74) is 0.437. The van der Waals surface area contributed by atoms with Crippen molar-refractivity contribution >= 4 is 58.2 Å². The summed E-state index contributed by atoms with van der Waals surface area (Å²) in [6, 6.07) is 3.72. The number of imide groups is 1. The van der Waals surface area contributed by atoms with Crippen LogP contribution in [0, 0.1) is 11.8 Å². The third-order valence-electron chi connectivity index (χ3n) is 4.56. The summed E-state index contributed by atoms with van der Waals surface area (Å²) in [6.07, 6.45) is 2.53. The maximum atomic E-state index is 12.6. The lowest BCUT2D eigenvalue weighted by atomic mass is 9.85. The highest BCUT2D eigenvalue weighted by atomic mass is 35.5. The number of anilines is 1. The molecule has 0 aromatic heterocycles. The number of nitrogens with zero attached hydrogens (tertiary/aromatic N) is 1. The van der Waals surface area contributed by atoms with Crippen LogP contribution in [0.1, 0.15) is 19.8 Å². The fraction of sp³-hybridized carbons (Fsp3) is 0.353. The first-order valence-corrected chi connectivity index (χ1v) is 8.90. The summed E-state index contributed by atoms with van der Waals surface area (Å²) in [6.45, 7) is 1.52. The minimum atomic E-state index is -0.932. The van der Waals surface area contributed by atoms with Gasteiger partial charge < -0.3 is 5.32 Å². The number of halogens is 3. The number of benzene rings is 1. The summed E-state index contributed by atoms with van der Waals surface area (Å²) in [5.74, 6) is -2.07. The summed E-state index contributed by atoms with van der Waals surface area (Å²) in [4.78, 5) is 38.7. The Morgan fingerprint density at radius 2 is 1.84 bits per heavy atom. The van der Waals surface area contributed by atoms with Gasteiger partial charge in [0.05, 0.1) is 21.9 Å². The van der Waals surface area contributed by atoms with Gasteiger partial charge in [-0.2, -0.15) is 0 Å². The number of hydrogen-bond acceptors (Lipinski definition) is 3. The van der Waals surface area contributed by atoms with Crippen molar-refractivity contribution < 1.29 is 14.4 Å². The number of allylic oxidation sites excluding steroid dienone is 2. The maximum Gasteiger partial charge on any atom is 0.247 e. The fourth-order valence-electron chi connectivity index (χ4n) is 3.17.